The third-order valence-corrected chi connectivity index (χ3v) is 5.22. The van der Waals surface area contributed by atoms with Crippen molar-refractivity contribution in [3.63, 3.8) is 0 Å². The van der Waals surface area contributed by atoms with Crippen LogP contribution in [0.4, 0.5) is 4.79 Å². The van der Waals surface area contributed by atoms with Crippen LogP contribution in [0, 0.1) is 6.92 Å². The molecular formula is C24H22N2O2. The van der Waals surface area contributed by atoms with Gasteiger partial charge in [0.2, 0.25) is 0 Å². The number of hydrogen-bond acceptors (Lipinski definition) is 2. The molecule has 3 aromatic rings. The Kier molecular flexibility index (Phi) is 4.70. The van der Waals surface area contributed by atoms with E-state index in [0.29, 0.717) is 6.42 Å². The van der Waals surface area contributed by atoms with E-state index < -0.39 is 5.54 Å². The highest BCUT2D eigenvalue weighted by Crippen LogP contribution is 2.33. The van der Waals surface area contributed by atoms with E-state index in [-0.39, 0.29) is 18.5 Å². The first-order valence-corrected chi connectivity index (χ1v) is 9.38. The lowest BCUT2D eigenvalue weighted by Gasteiger charge is -2.27. The third-order valence-electron chi connectivity index (χ3n) is 5.22. The van der Waals surface area contributed by atoms with Gasteiger partial charge in [-0.05, 0) is 23.6 Å². The van der Waals surface area contributed by atoms with E-state index in [4.69, 9.17) is 0 Å². The van der Waals surface area contributed by atoms with Crippen molar-refractivity contribution < 1.29 is 9.59 Å². The van der Waals surface area contributed by atoms with Crippen LogP contribution in [0.5, 0.6) is 0 Å². The van der Waals surface area contributed by atoms with Crippen LogP contribution in [0.25, 0.3) is 0 Å². The molecule has 28 heavy (non-hydrogen) atoms. The molecule has 1 aliphatic rings. The Morgan fingerprint density at radius 2 is 1.39 bits per heavy atom. The number of nitrogens with zero attached hydrogens (tertiary/aromatic N) is 1. The molecular weight excluding hydrogens is 348 g/mol. The zero-order chi connectivity index (χ0) is 19.6. The summed E-state index contributed by atoms with van der Waals surface area (Å²) in [6, 6.07) is 26.8. The maximum absolute atomic E-state index is 13.6. The Morgan fingerprint density at radius 1 is 0.786 bits per heavy atom. The third kappa shape index (κ3) is 3.29. The molecule has 3 amide bonds. The predicted molar refractivity (Wildman–Crippen MR) is 109 cm³/mol. The lowest BCUT2D eigenvalue weighted by molar-refractivity contribution is -0.132. The Bertz CT molecular complexity index is 984. The molecule has 0 spiro atoms. The number of carbonyl (C=O) groups is 2. The smallest absolute Gasteiger partial charge is 0.319 e. The van der Waals surface area contributed by atoms with Crippen LogP contribution in [0.15, 0.2) is 84.9 Å². The van der Waals surface area contributed by atoms with Gasteiger partial charge >= 0.3 is 6.03 Å². The van der Waals surface area contributed by atoms with Gasteiger partial charge in [-0.2, -0.15) is 0 Å². The number of hydrogen-bond donors (Lipinski definition) is 1. The standard InChI is InChI=1S/C24H22N2O2/c1-18-12-14-20(15-13-18)17-26-22(27)24(25-23(26)28,21-10-6-3-7-11-21)16-19-8-4-2-5-9-19/h2-15H,16-17H2,1H3,(H,25,28)/t24-/m1/s1. The summed E-state index contributed by atoms with van der Waals surface area (Å²) in [5, 5.41) is 3.00. The Labute approximate surface area is 164 Å². The maximum atomic E-state index is 13.6. The van der Waals surface area contributed by atoms with E-state index in [0.717, 1.165) is 22.3 Å². The van der Waals surface area contributed by atoms with Crippen molar-refractivity contribution in [1.82, 2.24) is 10.2 Å². The molecule has 0 bridgehead atoms. The van der Waals surface area contributed by atoms with Gasteiger partial charge in [0.25, 0.3) is 5.91 Å². The quantitative estimate of drug-likeness (QED) is 0.685. The fourth-order valence-electron chi connectivity index (χ4n) is 3.69. The Hall–Kier alpha value is -3.40. The lowest BCUT2D eigenvalue weighted by Crippen LogP contribution is -2.46. The highest BCUT2D eigenvalue weighted by atomic mass is 16.2. The highest BCUT2D eigenvalue weighted by molar-refractivity contribution is 6.07. The van der Waals surface area contributed by atoms with Crippen molar-refractivity contribution in [1.29, 1.82) is 0 Å². The molecule has 1 atom stereocenters. The summed E-state index contributed by atoms with van der Waals surface area (Å²) < 4.78 is 0. The average molecular weight is 370 g/mol. The molecule has 4 heteroatoms. The van der Waals surface area contributed by atoms with Crippen LogP contribution in [-0.2, 0) is 23.3 Å². The van der Waals surface area contributed by atoms with Crippen LogP contribution < -0.4 is 5.32 Å². The van der Waals surface area contributed by atoms with Crippen molar-refractivity contribution in [2.75, 3.05) is 0 Å². The number of benzene rings is 3. The van der Waals surface area contributed by atoms with Crippen LogP contribution in [0.3, 0.4) is 0 Å². The molecule has 4 nitrogen and oxygen atoms in total. The van der Waals surface area contributed by atoms with E-state index in [1.165, 1.54) is 4.90 Å². The molecule has 0 unspecified atom stereocenters. The Morgan fingerprint density at radius 3 is 2.04 bits per heavy atom. The second-order valence-corrected chi connectivity index (χ2v) is 7.24. The fraction of sp³-hybridized carbons (Fsp3) is 0.167. The van der Waals surface area contributed by atoms with Gasteiger partial charge in [-0.3, -0.25) is 9.69 Å². The summed E-state index contributed by atoms with van der Waals surface area (Å²) in [6.45, 7) is 2.27. The topological polar surface area (TPSA) is 49.4 Å². The van der Waals surface area contributed by atoms with Crippen molar-refractivity contribution in [3.8, 4) is 0 Å². The molecule has 1 heterocycles. The lowest BCUT2D eigenvalue weighted by atomic mass is 9.83. The molecule has 1 fully saturated rings. The number of nitrogens with one attached hydrogen (secondary N) is 1. The van der Waals surface area contributed by atoms with Gasteiger partial charge in [0, 0.05) is 6.42 Å². The average Bonchev–Trinajstić information content (AvgIpc) is 2.96. The fourth-order valence-corrected chi connectivity index (χ4v) is 3.69. The number of imide groups is 1. The molecule has 0 aliphatic carbocycles. The SMILES string of the molecule is Cc1ccc(CN2C(=O)N[C@](Cc3ccccc3)(c3ccccc3)C2=O)cc1. The van der Waals surface area contributed by atoms with Crippen LogP contribution in [-0.4, -0.2) is 16.8 Å². The molecule has 4 rings (SSSR count). The predicted octanol–water partition coefficient (Wildman–Crippen LogP) is 4.19. The van der Waals surface area contributed by atoms with Gasteiger partial charge in [0.15, 0.2) is 5.54 Å². The zero-order valence-electron chi connectivity index (χ0n) is 15.8. The van der Waals surface area contributed by atoms with E-state index >= 15 is 0 Å². The molecule has 3 aromatic carbocycles. The highest BCUT2D eigenvalue weighted by Gasteiger charge is 2.52. The first-order chi connectivity index (χ1) is 13.6. The van der Waals surface area contributed by atoms with E-state index in [1.54, 1.807) is 0 Å². The summed E-state index contributed by atoms with van der Waals surface area (Å²) in [4.78, 5) is 27.7. The van der Waals surface area contributed by atoms with Crippen LogP contribution in [0.1, 0.15) is 22.3 Å². The summed E-state index contributed by atoms with van der Waals surface area (Å²) in [7, 11) is 0. The van der Waals surface area contributed by atoms with Crippen LogP contribution >= 0.6 is 0 Å². The second-order valence-electron chi connectivity index (χ2n) is 7.24. The number of aryl methyl sites for hydroxylation is 1. The molecule has 1 aliphatic heterocycles. The summed E-state index contributed by atoms with van der Waals surface area (Å²) >= 11 is 0. The van der Waals surface area contributed by atoms with Gasteiger partial charge in [-0.15, -0.1) is 0 Å². The minimum Gasteiger partial charge on any atom is -0.319 e. The van der Waals surface area contributed by atoms with Gasteiger partial charge < -0.3 is 5.32 Å². The van der Waals surface area contributed by atoms with Gasteiger partial charge in [-0.1, -0.05) is 90.5 Å². The number of urea groups is 1. The number of carbonyl (C=O) groups excluding carboxylic acids is 2. The summed E-state index contributed by atoms with van der Waals surface area (Å²) in [6.07, 6.45) is 0.410. The number of amides is 3. The maximum Gasteiger partial charge on any atom is 0.325 e. The normalized spacial score (nSPS) is 19.0. The van der Waals surface area contributed by atoms with Gasteiger partial charge in [0.1, 0.15) is 0 Å². The first-order valence-electron chi connectivity index (χ1n) is 9.38. The van der Waals surface area contributed by atoms with Gasteiger partial charge in [0.05, 0.1) is 6.54 Å². The van der Waals surface area contributed by atoms with Crippen molar-refractivity contribution in [3.05, 3.63) is 107 Å². The number of rotatable bonds is 5. The monoisotopic (exact) mass is 370 g/mol. The van der Waals surface area contributed by atoms with Crippen molar-refractivity contribution in [2.24, 2.45) is 0 Å². The van der Waals surface area contributed by atoms with E-state index in [1.807, 2.05) is 91.9 Å². The minimum absolute atomic E-state index is 0.215. The van der Waals surface area contributed by atoms with Gasteiger partial charge in [-0.25, -0.2) is 4.79 Å². The minimum atomic E-state index is -1.09. The molecule has 1 saturated heterocycles. The van der Waals surface area contributed by atoms with Crippen LogP contribution in [0.2, 0.25) is 0 Å². The largest absolute Gasteiger partial charge is 0.325 e. The van der Waals surface area contributed by atoms with E-state index in [9.17, 15) is 9.59 Å². The van der Waals surface area contributed by atoms with E-state index in [2.05, 4.69) is 5.32 Å². The molecule has 140 valence electrons. The first kappa shape index (κ1) is 18.0. The second kappa shape index (κ2) is 7.31. The summed E-state index contributed by atoms with van der Waals surface area (Å²) in [5.74, 6) is -0.215. The summed E-state index contributed by atoms with van der Waals surface area (Å²) in [5.41, 5.74) is 2.77. The molecule has 1 N–H and O–H groups in total. The zero-order valence-corrected chi connectivity index (χ0v) is 15.8. The van der Waals surface area contributed by atoms with Crippen molar-refractivity contribution >= 4 is 11.9 Å². The molecule has 0 radical (unpaired) electrons. The van der Waals surface area contributed by atoms with Crippen molar-refractivity contribution in [2.45, 2.75) is 25.4 Å². The molecule has 0 saturated carbocycles. The Balaban J connectivity index is 1.71. The molecule has 0 aromatic heterocycles.